The van der Waals surface area contributed by atoms with Crippen LogP contribution in [0.25, 0.3) is 11.1 Å². The SMILES string of the molecule is CCCNCc1occc1-c1ccc(OC(F)(F)F)cc1. The van der Waals surface area contributed by atoms with Crippen LogP contribution in [0.2, 0.25) is 0 Å². The van der Waals surface area contributed by atoms with Crippen molar-refractivity contribution in [2.45, 2.75) is 26.3 Å². The molecule has 0 atom stereocenters. The van der Waals surface area contributed by atoms with E-state index < -0.39 is 6.36 Å². The van der Waals surface area contributed by atoms with E-state index in [2.05, 4.69) is 17.0 Å². The van der Waals surface area contributed by atoms with E-state index in [4.69, 9.17) is 4.42 Å². The third-order valence-corrected chi connectivity index (χ3v) is 2.86. The fourth-order valence-electron chi connectivity index (χ4n) is 1.95. The Morgan fingerprint density at radius 2 is 1.86 bits per heavy atom. The summed E-state index contributed by atoms with van der Waals surface area (Å²) in [5, 5.41) is 3.22. The highest BCUT2D eigenvalue weighted by atomic mass is 19.4. The zero-order chi connectivity index (χ0) is 15.3. The molecule has 0 aliphatic heterocycles. The number of hydrogen-bond donors (Lipinski definition) is 1. The summed E-state index contributed by atoms with van der Waals surface area (Å²) in [5.41, 5.74) is 1.64. The molecule has 1 aromatic heterocycles. The molecule has 1 N–H and O–H groups in total. The molecule has 0 fully saturated rings. The number of hydrogen-bond acceptors (Lipinski definition) is 3. The van der Waals surface area contributed by atoms with Gasteiger partial charge in [-0.1, -0.05) is 19.1 Å². The second-order valence-electron chi connectivity index (χ2n) is 4.51. The number of halogens is 3. The third-order valence-electron chi connectivity index (χ3n) is 2.86. The predicted octanol–water partition coefficient (Wildman–Crippen LogP) is 4.34. The molecule has 21 heavy (non-hydrogen) atoms. The van der Waals surface area contributed by atoms with Gasteiger partial charge in [-0.3, -0.25) is 0 Å². The minimum Gasteiger partial charge on any atom is -0.467 e. The first-order valence-electron chi connectivity index (χ1n) is 6.63. The molecule has 0 aliphatic rings. The van der Waals surface area contributed by atoms with Crippen LogP contribution in [0, 0.1) is 0 Å². The van der Waals surface area contributed by atoms with Gasteiger partial charge in [0.15, 0.2) is 0 Å². The summed E-state index contributed by atoms with van der Waals surface area (Å²) in [6, 6.07) is 7.53. The summed E-state index contributed by atoms with van der Waals surface area (Å²) in [7, 11) is 0. The molecule has 0 amide bonds. The Balaban J connectivity index is 2.10. The van der Waals surface area contributed by atoms with E-state index in [0.717, 1.165) is 29.9 Å². The van der Waals surface area contributed by atoms with E-state index in [1.54, 1.807) is 24.5 Å². The molecule has 0 radical (unpaired) electrons. The first-order valence-corrected chi connectivity index (χ1v) is 6.63. The summed E-state index contributed by atoms with van der Waals surface area (Å²) < 4.78 is 45.6. The molecular formula is C15H16F3NO2. The quantitative estimate of drug-likeness (QED) is 0.805. The van der Waals surface area contributed by atoms with Crippen molar-refractivity contribution < 1.29 is 22.3 Å². The van der Waals surface area contributed by atoms with Gasteiger partial charge >= 0.3 is 6.36 Å². The summed E-state index contributed by atoms with van der Waals surface area (Å²) in [6.07, 6.45) is -2.09. The molecule has 0 bridgehead atoms. The van der Waals surface area contributed by atoms with Crippen LogP contribution in [0.4, 0.5) is 13.2 Å². The van der Waals surface area contributed by atoms with Crippen LogP contribution in [0.5, 0.6) is 5.75 Å². The predicted molar refractivity (Wildman–Crippen MR) is 72.8 cm³/mol. The molecule has 0 saturated heterocycles. The van der Waals surface area contributed by atoms with Crippen molar-refractivity contribution in [1.82, 2.24) is 5.32 Å². The number of ether oxygens (including phenoxy) is 1. The van der Waals surface area contributed by atoms with Crippen LogP contribution in [0.1, 0.15) is 19.1 Å². The van der Waals surface area contributed by atoms with Gasteiger partial charge in [0.1, 0.15) is 11.5 Å². The van der Waals surface area contributed by atoms with E-state index in [1.807, 2.05) is 0 Å². The Labute approximate surface area is 120 Å². The zero-order valence-corrected chi connectivity index (χ0v) is 11.5. The molecule has 1 heterocycles. The van der Waals surface area contributed by atoms with Crippen LogP contribution in [-0.2, 0) is 6.54 Å². The van der Waals surface area contributed by atoms with Gasteiger partial charge in [-0.15, -0.1) is 13.2 Å². The maximum atomic E-state index is 12.1. The minimum atomic E-state index is -4.67. The molecule has 3 nitrogen and oxygen atoms in total. The highest BCUT2D eigenvalue weighted by Gasteiger charge is 2.31. The first kappa shape index (κ1) is 15.4. The van der Waals surface area contributed by atoms with Crippen LogP contribution in [-0.4, -0.2) is 12.9 Å². The summed E-state index contributed by atoms with van der Waals surface area (Å²) >= 11 is 0. The number of nitrogens with one attached hydrogen (secondary N) is 1. The van der Waals surface area contributed by atoms with Gasteiger partial charge in [0.05, 0.1) is 12.8 Å². The molecule has 1 aromatic carbocycles. The van der Waals surface area contributed by atoms with E-state index in [1.165, 1.54) is 12.1 Å². The highest BCUT2D eigenvalue weighted by molar-refractivity contribution is 5.66. The van der Waals surface area contributed by atoms with Gasteiger partial charge < -0.3 is 14.5 Å². The molecule has 0 aliphatic carbocycles. The lowest BCUT2D eigenvalue weighted by molar-refractivity contribution is -0.274. The fraction of sp³-hybridized carbons (Fsp3) is 0.333. The van der Waals surface area contributed by atoms with Crippen molar-refractivity contribution in [2.75, 3.05) is 6.54 Å². The molecule has 2 aromatic rings. The minimum absolute atomic E-state index is 0.236. The number of furan rings is 1. The second-order valence-corrected chi connectivity index (χ2v) is 4.51. The average Bonchev–Trinajstić information content (AvgIpc) is 2.86. The number of rotatable bonds is 6. The smallest absolute Gasteiger partial charge is 0.467 e. The van der Waals surface area contributed by atoms with Gasteiger partial charge in [0.25, 0.3) is 0 Å². The van der Waals surface area contributed by atoms with E-state index in [-0.39, 0.29) is 5.75 Å². The Morgan fingerprint density at radius 3 is 2.48 bits per heavy atom. The number of benzene rings is 1. The van der Waals surface area contributed by atoms with Crippen LogP contribution < -0.4 is 10.1 Å². The molecule has 0 spiro atoms. The van der Waals surface area contributed by atoms with Crippen LogP contribution in [0.3, 0.4) is 0 Å². The summed E-state index contributed by atoms with van der Waals surface area (Å²) in [6.45, 7) is 3.52. The first-order chi connectivity index (χ1) is 9.99. The molecule has 0 unspecified atom stereocenters. The maximum absolute atomic E-state index is 12.1. The van der Waals surface area contributed by atoms with E-state index in [0.29, 0.717) is 6.54 Å². The van der Waals surface area contributed by atoms with E-state index >= 15 is 0 Å². The second kappa shape index (κ2) is 6.67. The third kappa shape index (κ3) is 4.53. The van der Waals surface area contributed by atoms with Gasteiger partial charge in [-0.05, 0) is 36.7 Å². The Hall–Kier alpha value is -1.95. The normalized spacial score (nSPS) is 11.6. The lowest BCUT2D eigenvalue weighted by Crippen LogP contribution is -2.17. The maximum Gasteiger partial charge on any atom is 0.573 e. The molecular weight excluding hydrogens is 283 g/mol. The lowest BCUT2D eigenvalue weighted by atomic mass is 10.1. The van der Waals surface area contributed by atoms with Crippen molar-refractivity contribution in [2.24, 2.45) is 0 Å². The summed E-state index contributed by atoms with van der Waals surface area (Å²) in [5.74, 6) is 0.522. The Bertz CT molecular complexity index is 561. The van der Waals surface area contributed by atoms with Crippen molar-refractivity contribution >= 4 is 0 Å². The fourth-order valence-corrected chi connectivity index (χ4v) is 1.95. The average molecular weight is 299 g/mol. The largest absolute Gasteiger partial charge is 0.573 e. The summed E-state index contributed by atoms with van der Waals surface area (Å²) in [4.78, 5) is 0. The molecule has 114 valence electrons. The number of alkyl halides is 3. The standard InChI is InChI=1S/C15H16F3NO2/c1-2-8-19-10-14-13(7-9-20-14)11-3-5-12(6-4-11)21-15(16,17)18/h3-7,9,19H,2,8,10H2,1H3. The highest BCUT2D eigenvalue weighted by Crippen LogP contribution is 2.29. The van der Waals surface area contributed by atoms with Gasteiger partial charge in [0, 0.05) is 5.56 Å². The van der Waals surface area contributed by atoms with Gasteiger partial charge in [0.2, 0.25) is 0 Å². The van der Waals surface area contributed by atoms with Crippen molar-refractivity contribution in [3.8, 4) is 16.9 Å². The van der Waals surface area contributed by atoms with Gasteiger partial charge in [-0.25, -0.2) is 0 Å². The lowest BCUT2D eigenvalue weighted by Gasteiger charge is -2.09. The molecule has 2 rings (SSSR count). The molecule has 0 saturated carbocycles. The monoisotopic (exact) mass is 299 g/mol. The van der Waals surface area contributed by atoms with E-state index in [9.17, 15) is 13.2 Å². The van der Waals surface area contributed by atoms with Crippen LogP contribution in [0.15, 0.2) is 41.0 Å². The van der Waals surface area contributed by atoms with Crippen molar-refractivity contribution in [3.05, 3.63) is 42.4 Å². The Kier molecular flexibility index (Phi) is 4.90. The van der Waals surface area contributed by atoms with Gasteiger partial charge in [-0.2, -0.15) is 0 Å². The zero-order valence-electron chi connectivity index (χ0n) is 11.5. The van der Waals surface area contributed by atoms with Crippen molar-refractivity contribution in [1.29, 1.82) is 0 Å². The Morgan fingerprint density at radius 1 is 1.14 bits per heavy atom. The molecule has 6 heteroatoms. The van der Waals surface area contributed by atoms with Crippen molar-refractivity contribution in [3.63, 3.8) is 0 Å². The topological polar surface area (TPSA) is 34.4 Å². The van der Waals surface area contributed by atoms with Crippen LogP contribution >= 0.6 is 0 Å².